The molecule has 0 N–H and O–H groups in total. The number of carbonyl (C=O) groups is 1. The van der Waals surface area contributed by atoms with Crippen LogP contribution in [0.1, 0.15) is 31.4 Å². The smallest absolute Gasteiger partial charge is 0.301 e. The van der Waals surface area contributed by atoms with Crippen molar-refractivity contribution in [3.8, 4) is 0 Å². The van der Waals surface area contributed by atoms with Crippen LogP contribution in [0.3, 0.4) is 0 Å². The Morgan fingerprint density at radius 1 is 1.19 bits per heavy atom. The number of likely N-dealkylation sites (N-methyl/N-ethyl adjacent to an activating group) is 1. The lowest BCUT2D eigenvalue weighted by Crippen LogP contribution is -2.82. The van der Waals surface area contributed by atoms with Gasteiger partial charge in [0.25, 0.3) is 5.54 Å². The van der Waals surface area contributed by atoms with Crippen molar-refractivity contribution in [2.45, 2.75) is 43.1 Å². The minimum atomic E-state index is -1.95. The summed E-state index contributed by atoms with van der Waals surface area (Å²) in [5.74, 6) is -1.55. The number of likely N-dealkylation sites (tertiary alicyclic amines) is 1. The Bertz CT molecular complexity index is 802. The van der Waals surface area contributed by atoms with Gasteiger partial charge in [0.15, 0.2) is 0 Å². The standard InChI is InChI=1S/C18H21N3O6/c1-2-19-10-17(20(23)24)14-8-13(12-6-4-3-5-7-12)27-16(9-15(17)22)18(14,11-19)21(25)26/h3-7,13-14,16H,2,8-11H2,1H3/t13-,14-,16-,17+,18-/m1/s1. The van der Waals surface area contributed by atoms with E-state index in [-0.39, 0.29) is 25.9 Å². The summed E-state index contributed by atoms with van der Waals surface area (Å²) in [6.45, 7) is 2.18. The van der Waals surface area contributed by atoms with E-state index >= 15 is 0 Å². The zero-order chi connectivity index (χ0) is 19.4. The molecule has 1 aromatic rings. The van der Waals surface area contributed by atoms with E-state index in [4.69, 9.17) is 4.74 Å². The molecule has 1 aliphatic carbocycles. The van der Waals surface area contributed by atoms with Crippen LogP contribution in [0.15, 0.2) is 30.3 Å². The van der Waals surface area contributed by atoms with E-state index in [0.29, 0.717) is 6.54 Å². The highest BCUT2D eigenvalue weighted by atomic mass is 16.6. The first kappa shape index (κ1) is 18.0. The van der Waals surface area contributed by atoms with Gasteiger partial charge in [0.1, 0.15) is 12.0 Å². The molecule has 2 heterocycles. The number of rotatable bonds is 4. The van der Waals surface area contributed by atoms with Gasteiger partial charge in [-0.25, -0.2) is 0 Å². The van der Waals surface area contributed by atoms with Gasteiger partial charge in [-0.05, 0) is 18.5 Å². The van der Waals surface area contributed by atoms with Crippen molar-refractivity contribution in [3.05, 3.63) is 56.1 Å². The Labute approximate surface area is 155 Å². The normalized spacial score (nSPS) is 38.4. The molecule has 2 saturated heterocycles. The average molecular weight is 375 g/mol. The lowest BCUT2D eigenvalue weighted by atomic mass is 9.55. The third kappa shape index (κ3) is 2.28. The van der Waals surface area contributed by atoms with Gasteiger partial charge in [-0.1, -0.05) is 37.3 Å². The first-order valence-electron chi connectivity index (χ1n) is 9.11. The van der Waals surface area contributed by atoms with E-state index in [9.17, 15) is 25.0 Å². The second kappa shape index (κ2) is 6.07. The molecule has 0 radical (unpaired) electrons. The molecule has 5 atom stereocenters. The quantitative estimate of drug-likeness (QED) is 0.578. The fraction of sp³-hybridized carbons (Fsp3) is 0.611. The molecule has 2 aliphatic heterocycles. The molecule has 9 nitrogen and oxygen atoms in total. The largest absolute Gasteiger partial charge is 0.362 e. The predicted octanol–water partition coefficient (Wildman–Crippen LogP) is 1.47. The number of carbonyl (C=O) groups excluding carboxylic acids is 1. The predicted molar refractivity (Wildman–Crippen MR) is 93.4 cm³/mol. The lowest BCUT2D eigenvalue weighted by Gasteiger charge is -2.56. The number of ketones is 1. The van der Waals surface area contributed by atoms with Gasteiger partial charge in [0.05, 0.1) is 19.2 Å². The Morgan fingerprint density at radius 2 is 1.89 bits per heavy atom. The average Bonchev–Trinajstić information content (AvgIpc) is 2.65. The van der Waals surface area contributed by atoms with Crippen LogP contribution < -0.4 is 0 Å². The summed E-state index contributed by atoms with van der Waals surface area (Å²) in [6, 6.07) is 9.21. The second-order valence-electron chi connectivity index (χ2n) is 7.67. The minimum Gasteiger partial charge on any atom is -0.362 e. The molecular formula is C18H21N3O6. The third-order valence-electron chi connectivity index (χ3n) is 6.60. The summed E-state index contributed by atoms with van der Waals surface area (Å²) in [5.41, 5.74) is -2.77. The Hall–Kier alpha value is -2.39. The molecular weight excluding hydrogens is 354 g/mol. The van der Waals surface area contributed by atoms with E-state index < -0.39 is 44.8 Å². The van der Waals surface area contributed by atoms with E-state index in [1.54, 1.807) is 11.8 Å². The summed E-state index contributed by atoms with van der Waals surface area (Å²) in [7, 11) is 0. The van der Waals surface area contributed by atoms with Crippen molar-refractivity contribution in [1.82, 2.24) is 4.90 Å². The molecule has 9 heteroatoms. The molecule has 0 aromatic heterocycles. The van der Waals surface area contributed by atoms with E-state index in [0.717, 1.165) is 5.56 Å². The maximum atomic E-state index is 12.9. The van der Waals surface area contributed by atoms with E-state index in [2.05, 4.69) is 0 Å². The fourth-order valence-electron chi connectivity index (χ4n) is 5.25. The minimum absolute atomic E-state index is 0.0657. The van der Waals surface area contributed by atoms with Crippen LogP contribution in [0.5, 0.6) is 0 Å². The van der Waals surface area contributed by atoms with Gasteiger partial charge in [-0.3, -0.25) is 29.9 Å². The van der Waals surface area contributed by atoms with Crippen LogP contribution in [-0.2, 0) is 9.53 Å². The molecule has 144 valence electrons. The van der Waals surface area contributed by atoms with Gasteiger partial charge in [-0.15, -0.1) is 0 Å². The van der Waals surface area contributed by atoms with Crippen molar-refractivity contribution in [3.63, 3.8) is 0 Å². The van der Waals surface area contributed by atoms with Gasteiger partial charge >= 0.3 is 5.54 Å². The van der Waals surface area contributed by atoms with Crippen LogP contribution in [0, 0.1) is 26.1 Å². The number of nitrogens with zero attached hydrogens (tertiary/aromatic N) is 3. The monoisotopic (exact) mass is 375 g/mol. The molecule has 4 bridgehead atoms. The van der Waals surface area contributed by atoms with Crippen molar-refractivity contribution in [1.29, 1.82) is 0 Å². The zero-order valence-corrected chi connectivity index (χ0v) is 14.9. The van der Waals surface area contributed by atoms with Crippen molar-refractivity contribution < 1.29 is 19.4 Å². The number of hydrogen-bond acceptors (Lipinski definition) is 7. The highest BCUT2D eigenvalue weighted by Crippen LogP contribution is 2.55. The second-order valence-corrected chi connectivity index (χ2v) is 7.67. The van der Waals surface area contributed by atoms with Crippen molar-refractivity contribution in [2.75, 3.05) is 19.6 Å². The fourth-order valence-corrected chi connectivity index (χ4v) is 5.25. The van der Waals surface area contributed by atoms with Gasteiger partial charge in [0.2, 0.25) is 5.78 Å². The number of benzene rings is 1. The number of hydrogen-bond donors (Lipinski definition) is 0. The summed E-state index contributed by atoms with van der Waals surface area (Å²) in [4.78, 5) is 37.9. The number of piperidine rings is 1. The molecule has 1 aromatic carbocycles. The van der Waals surface area contributed by atoms with Gasteiger partial charge in [-0.2, -0.15) is 0 Å². The Morgan fingerprint density at radius 3 is 2.48 bits per heavy atom. The summed E-state index contributed by atoms with van der Waals surface area (Å²) in [5, 5.41) is 24.4. The molecule has 3 fully saturated rings. The van der Waals surface area contributed by atoms with Crippen LogP contribution in [0.25, 0.3) is 0 Å². The van der Waals surface area contributed by atoms with Gasteiger partial charge in [0, 0.05) is 16.3 Å². The van der Waals surface area contributed by atoms with Crippen molar-refractivity contribution in [2.24, 2.45) is 5.92 Å². The number of ether oxygens (including phenoxy) is 1. The molecule has 3 aliphatic rings. The van der Waals surface area contributed by atoms with Crippen molar-refractivity contribution >= 4 is 5.78 Å². The molecule has 4 rings (SSSR count). The SMILES string of the molecule is CCN1C[C@]2([N+](=O)[O-])[C@H]3CC(=O)[C@]([N+](=O)[O-])(C1)[C@H]2C[C@H](c1ccccc1)O3. The van der Waals surface area contributed by atoms with Crippen LogP contribution in [0.2, 0.25) is 0 Å². The number of nitro groups is 2. The Balaban J connectivity index is 1.86. The Kier molecular flexibility index (Phi) is 4.04. The summed E-state index contributed by atoms with van der Waals surface area (Å²) in [6.07, 6.45) is -1.66. The van der Waals surface area contributed by atoms with Crippen LogP contribution >= 0.6 is 0 Å². The van der Waals surface area contributed by atoms with E-state index in [1.807, 2.05) is 30.3 Å². The van der Waals surface area contributed by atoms with Crippen LogP contribution in [-0.4, -0.2) is 57.3 Å². The van der Waals surface area contributed by atoms with Crippen LogP contribution in [0.4, 0.5) is 0 Å². The zero-order valence-electron chi connectivity index (χ0n) is 14.9. The molecule has 0 amide bonds. The lowest BCUT2D eigenvalue weighted by molar-refractivity contribution is -0.653. The maximum Gasteiger partial charge on any atom is 0.301 e. The molecule has 1 saturated carbocycles. The number of Topliss-reactive ketones (excluding diaryl/α,β-unsaturated/α-hetero) is 1. The molecule has 0 unspecified atom stereocenters. The molecule has 27 heavy (non-hydrogen) atoms. The highest BCUT2D eigenvalue weighted by molar-refractivity contribution is 5.90. The van der Waals surface area contributed by atoms with Gasteiger partial charge < -0.3 is 4.74 Å². The highest BCUT2D eigenvalue weighted by Gasteiger charge is 2.80. The third-order valence-corrected chi connectivity index (χ3v) is 6.60. The van der Waals surface area contributed by atoms with E-state index in [1.165, 1.54) is 0 Å². The maximum absolute atomic E-state index is 12.9. The summed E-state index contributed by atoms with van der Waals surface area (Å²) < 4.78 is 6.07. The summed E-state index contributed by atoms with van der Waals surface area (Å²) >= 11 is 0. The topological polar surface area (TPSA) is 116 Å². The first-order valence-corrected chi connectivity index (χ1v) is 9.11. The molecule has 0 spiro atoms. The first-order chi connectivity index (χ1) is 12.9.